The molecule has 0 saturated carbocycles. The normalized spacial score (nSPS) is 9.75. The van der Waals surface area contributed by atoms with Gasteiger partial charge in [-0.3, -0.25) is 5.41 Å². The van der Waals surface area contributed by atoms with E-state index in [-0.39, 0.29) is 5.17 Å². The van der Waals surface area contributed by atoms with Crippen molar-refractivity contribution in [3.8, 4) is 0 Å². The van der Waals surface area contributed by atoms with Crippen LogP contribution in [0, 0.1) is 5.41 Å². The lowest BCUT2D eigenvalue weighted by Gasteiger charge is -2.01. The molecule has 0 saturated heterocycles. The maximum absolute atomic E-state index is 7.04. The van der Waals surface area contributed by atoms with Crippen LogP contribution in [-0.2, 0) is 5.75 Å². The fourth-order valence-corrected chi connectivity index (χ4v) is 1.94. The van der Waals surface area contributed by atoms with Crippen LogP contribution in [0.4, 0.5) is 0 Å². The van der Waals surface area contributed by atoms with Crippen molar-refractivity contribution in [2.24, 2.45) is 5.73 Å². The first-order valence-corrected chi connectivity index (χ1v) is 5.18. The van der Waals surface area contributed by atoms with Crippen molar-refractivity contribution in [2.45, 2.75) is 5.75 Å². The molecule has 0 heterocycles. The van der Waals surface area contributed by atoms with E-state index in [0.717, 1.165) is 15.8 Å². The predicted molar refractivity (Wildman–Crippen MR) is 57.4 cm³/mol. The molecule has 0 aliphatic heterocycles. The van der Waals surface area contributed by atoms with E-state index in [1.807, 2.05) is 24.3 Å². The lowest BCUT2D eigenvalue weighted by atomic mass is 10.2. The Labute approximate surface area is 84.2 Å². The van der Waals surface area contributed by atoms with Crippen molar-refractivity contribution in [1.82, 2.24) is 0 Å². The molecule has 3 N–H and O–H groups in total. The molecule has 64 valence electrons. The Morgan fingerprint density at radius 3 is 2.75 bits per heavy atom. The number of thioether (sulfide) groups is 1. The fraction of sp³-hybridized carbons (Fsp3) is 0.125. The van der Waals surface area contributed by atoms with Gasteiger partial charge in [-0.1, -0.05) is 45.9 Å². The summed E-state index contributed by atoms with van der Waals surface area (Å²) >= 11 is 4.75. The molecule has 0 spiro atoms. The van der Waals surface area contributed by atoms with Gasteiger partial charge in [-0.2, -0.15) is 0 Å². The van der Waals surface area contributed by atoms with Gasteiger partial charge >= 0.3 is 0 Å². The highest BCUT2D eigenvalue weighted by molar-refractivity contribution is 9.10. The lowest BCUT2D eigenvalue weighted by Crippen LogP contribution is -2.03. The van der Waals surface area contributed by atoms with Crippen LogP contribution in [0.1, 0.15) is 5.56 Å². The third kappa shape index (κ3) is 2.87. The molecule has 4 heteroatoms. The zero-order chi connectivity index (χ0) is 8.97. The van der Waals surface area contributed by atoms with Gasteiger partial charge < -0.3 is 5.73 Å². The average molecular weight is 245 g/mol. The van der Waals surface area contributed by atoms with Crippen molar-refractivity contribution in [2.75, 3.05) is 0 Å². The SMILES string of the molecule is N=C(N)SCc1ccccc1Br. The number of halogens is 1. The third-order valence-corrected chi connectivity index (χ3v) is 2.88. The first-order chi connectivity index (χ1) is 5.70. The molecule has 0 aliphatic rings. The van der Waals surface area contributed by atoms with Gasteiger partial charge in [0.15, 0.2) is 5.17 Å². The molecule has 0 fully saturated rings. The molecule has 1 aromatic rings. The second-order valence-electron chi connectivity index (χ2n) is 2.24. The molecule has 0 bridgehead atoms. The number of amidine groups is 1. The molecule has 1 aromatic carbocycles. The van der Waals surface area contributed by atoms with Crippen LogP contribution in [0.5, 0.6) is 0 Å². The first-order valence-electron chi connectivity index (χ1n) is 3.40. The second kappa shape index (κ2) is 4.52. The summed E-state index contributed by atoms with van der Waals surface area (Å²) in [6.07, 6.45) is 0. The number of rotatable bonds is 2. The summed E-state index contributed by atoms with van der Waals surface area (Å²) in [7, 11) is 0. The minimum absolute atomic E-state index is 0.158. The van der Waals surface area contributed by atoms with E-state index in [0.29, 0.717) is 0 Å². The van der Waals surface area contributed by atoms with Crippen molar-refractivity contribution in [3.05, 3.63) is 34.3 Å². The van der Waals surface area contributed by atoms with Gasteiger partial charge in [-0.05, 0) is 11.6 Å². The molecular formula is C8H9BrN2S. The van der Waals surface area contributed by atoms with Crippen LogP contribution in [0.25, 0.3) is 0 Å². The van der Waals surface area contributed by atoms with Crippen LogP contribution in [-0.4, -0.2) is 5.17 Å². The largest absolute Gasteiger partial charge is 0.379 e. The fourth-order valence-electron chi connectivity index (χ4n) is 0.771. The van der Waals surface area contributed by atoms with Gasteiger partial charge in [0.25, 0.3) is 0 Å². The Morgan fingerprint density at radius 1 is 1.50 bits per heavy atom. The quantitative estimate of drug-likeness (QED) is 0.621. The van der Waals surface area contributed by atoms with E-state index >= 15 is 0 Å². The van der Waals surface area contributed by atoms with Gasteiger partial charge in [0.1, 0.15) is 0 Å². The van der Waals surface area contributed by atoms with E-state index in [1.165, 1.54) is 11.8 Å². The number of benzene rings is 1. The highest BCUT2D eigenvalue weighted by Gasteiger charge is 1.98. The Kier molecular flexibility index (Phi) is 3.62. The van der Waals surface area contributed by atoms with Gasteiger partial charge in [-0.15, -0.1) is 0 Å². The molecule has 0 amide bonds. The standard InChI is InChI=1S/C8H9BrN2S/c9-7-4-2-1-3-6(7)5-12-8(10)11/h1-4H,5H2,(H3,10,11). The van der Waals surface area contributed by atoms with Crippen molar-refractivity contribution >= 4 is 32.9 Å². The molecule has 2 nitrogen and oxygen atoms in total. The zero-order valence-electron chi connectivity index (χ0n) is 6.38. The summed E-state index contributed by atoms with van der Waals surface area (Å²) in [4.78, 5) is 0. The molecular weight excluding hydrogens is 236 g/mol. The summed E-state index contributed by atoms with van der Waals surface area (Å²) < 4.78 is 1.07. The first kappa shape index (κ1) is 9.61. The van der Waals surface area contributed by atoms with Crippen molar-refractivity contribution < 1.29 is 0 Å². The third-order valence-electron chi connectivity index (χ3n) is 1.34. The van der Waals surface area contributed by atoms with Gasteiger partial charge in [0.05, 0.1) is 0 Å². The number of nitrogens with two attached hydrogens (primary N) is 1. The van der Waals surface area contributed by atoms with Crippen LogP contribution < -0.4 is 5.73 Å². The van der Waals surface area contributed by atoms with Crippen LogP contribution in [0.15, 0.2) is 28.7 Å². The van der Waals surface area contributed by atoms with Crippen LogP contribution in [0.3, 0.4) is 0 Å². The monoisotopic (exact) mass is 244 g/mol. The second-order valence-corrected chi connectivity index (χ2v) is 4.12. The Balaban J connectivity index is 2.63. The van der Waals surface area contributed by atoms with E-state index in [4.69, 9.17) is 11.1 Å². The highest BCUT2D eigenvalue weighted by atomic mass is 79.9. The minimum atomic E-state index is 0.158. The average Bonchev–Trinajstić information content (AvgIpc) is 2.03. The summed E-state index contributed by atoms with van der Waals surface area (Å²) in [6, 6.07) is 7.93. The summed E-state index contributed by atoms with van der Waals surface area (Å²) in [5.74, 6) is 0.747. The molecule has 0 radical (unpaired) electrons. The smallest absolute Gasteiger partial charge is 0.151 e. The molecule has 0 aromatic heterocycles. The maximum Gasteiger partial charge on any atom is 0.151 e. The molecule has 0 aliphatic carbocycles. The lowest BCUT2D eigenvalue weighted by molar-refractivity contribution is 1.38. The molecule has 0 unspecified atom stereocenters. The minimum Gasteiger partial charge on any atom is -0.379 e. The van der Waals surface area contributed by atoms with Crippen molar-refractivity contribution in [1.29, 1.82) is 5.41 Å². The van der Waals surface area contributed by atoms with E-state index in [1.54, 1.807) is 0 Å². The molecule has 12 heavy (non-hydrogen) atoms. The number of nitrogens with one attached hydrogen (secondary N) is 1. The number of hydrogen-bond donors (Lipinski definition) is 2. The van der Waals surface area contributed by atoms with E-state index in [2.05, 4.69) is 15.9 Å². The van der Waals surface area contributed by atoms with E-state index < -0.39 is 0 Å². The molecule has 1 rings (SSSR count). The van der Waals surface area contributed by atoms with Crippen LogP contribution in [0.2, 0.25) is 0 Å². The van der Waals surface area contributed by atoms with Gasteiger partial charge in [-0.25, -0.2) is 0 Å². The topological polar surface area (TPSA) is 49.9 Å². The van der Waals surface area contributed by atoms with E-state index in [9.17, 15) is 0 Å². The maximum atomic E-state index is 7.04. The Hall–Kier alpha value is -0.480. The Bertz CT molecular complexity index is 288. The molecule has 0 atom stereocenters. The van der Waals surface area contributed by atoms with Gasteiger partial charge in [0, 0.05) is 10.2 Å². The van der Waals surface area contributed by atoms with Crippen molar-refractivity contribution in [3.63, 3.8) is 0 Å². The van der Waals surface area contributed by atoms with Crippen LogP contribution >= 0.6 is 27.7 Å². The number of hydrogen-bond acceptors (Lipinski definition) is 2. The predicted octanol–water partition coefficient (Wildman–Crippen LogP) is 2.58. The highest BCUT2D eigenvalue weighted by Crippen LogP contribution is 2.20. The summed E-state index contributed by atoms with van der Waals surface area (Å²) in [6.45, 7) is 0. The van der Waals surface area contributed by atoms with Gasteiger partial charge in [0.2, 0.25) is 0 Å². The summed E-state index contributed by atoms with van der Waals surface area (Å²) in [5, 5.41) is 7.20. The zero-order valence-corrected chi connectivity index (χ0v) is 8.78. The Morgan fingerprint density at radius 2 is 2.17 bits per heavy atom. The summed E-state index contributed by atoms with van der Waals surface area (Å²) in [5.41, 5.74) is 6.39.